The Morgan fingerprint density at radius 1 is 1.36 bits per heavy atom. The molecule has 1 saturated heterocycles. The molecule has 0 saturated carbocycles. The molecular formula is C11H14N2O. The SMILES string of the molecule is NCc1ccccc1N1CCCC1=O. The molecule has 2 N–H and O–H groups in total. The molecular weight excluding hydrogens is 176 g/mol. The van der Waals surface area contributed by atoms with E-state index in [1.807, 2.05) is 29.2 Å². The summed E-state index contributed by atoms with van der Waals surface area (Å²) in [4.78, 5) is 13.4. The molecule has 0 unspecified atom stereocenters. The number of carbonyl (C=O) groups excluding carboxylic acids is 1. The van der Waals surface area contributed by atoms with E-state index in [4.69, 9.17) is 5.73 Å². The number of hydrogen-bond donors (Lipinski definition) is 1. The minimum Gasteiger partial charge on any atom is -0.326 e. The molecule has 0 aliphatic carbocycles. The van der Waals surface area contributed by atoms with Crippen LogP contribution in [0.15, 0.2) is 24.3 Å². The molecule has 3 nitrogen and oxygen atoms in total. The zero-order valence-electron chi connectivity index (χ0n) is 8.07. The van der Waals surface area contributed by atoms with E-state index in [1.54, 1.807) is 0 Å². The molecule has 1 aliphatic heterocycles. The van der Waals surface area contributed by atoms with E-state index in [0.29, 0.717) is 13.0 Å². The number of para-hydroxylation sites is 1. The molecule has 2 rings (SSSR count). The van der Waals surface area contributed by atoms with Gasteiger partial charge in [-0.3, -0.25) is 4.79 Å². The van der Waals surface area contributed by atoms with Gasteiger partial charge in [0.15, 0.2) is 0 Å². The Morgan fingerprint density at radius 3 is 2.79 bits per heavy atom. The Morgan fingerprint density at radius 2 is 2.14 bits per heavy atom. The lowest BCUT2D eigenvalue weighted by molar-refractivity contribution is -0.117. The second kappa shape index (κ2) is 3.80. The Hall–Kier alpha value is -1.35. The average Bonchev–Trinajstić information content (AvgIpc) is 2.64. The van der Waals surface area contributed by atoms with E-state index in [0.717, 1.165) is 24.2 Å². The fourth-order valence-electron chi connectivity index (χ4n) is 1.85. The Kier molecular flexibility index (Phi) is 2.50. The predicted molar refractivity (Wildman–Crippen MR) is 55.9 cm³/mol. The van der Waals surface area contributed by atoms with Gasteiger partial charge in [-0.05, 0) is 18.1 Å². The predicted octanol–water partition coefficient (Wildman–Crippen LogP) is 1.27. The Labute approximate surface area is 83.5 Å². The van der Waals surface area contributed by atoms with Crippen LogP contribution in [0.1, 0.15) is 18.4 Å². The second-order valence-electron chi connectivity index (χ2n) is 3.48. The van der Waals surface area contributed by atoms with Crippen LogP contribution in [0.3, 0.4) is 0 Å². The topological polar surface area (TPSA) is 46.3 Å². The summed E-state index contributed by atoms with van der Waals surface area (Å²) in [6.07, 6.45) is 1.62. The maximum Gasteiger partial charge on any atom is 0.227 e. The first-order chi connectivity index (χ1) is 6.83. The lowest BCUT2D eigenvalue weighted by Crippen LogP contribution is -2.25. The molecule has 1 aromatic carbocycles. The number of anilines is 1. The molecule has 1 fully saturated rings. The summed E-state index contributed by atoms with van der Waals surface area (Å²) in [5.74, 6) is 0.214. The first-order valence-electron chi connectivity index (χ1n) is 4.91. The van der Waals surface area contributed by atoms with E-state index in [-0.39, 0.29) is 5.91 Å². The highest BCUT2D eigenvalue weighted by atomic mass is 16.2. The van der Waals surface area contributed by atoms with E-state index >= 15 is 0 Å². The highest BCUT2D eigenvalue weighted by Crippen LogP contribution is 2.24. The molecule has 0 bridgehead atoms. The molecule has 74 valence electrons. The fourth-order valence-corrected chi connectivity index (χ4v) is 1.85. The van der Waals surface area contributed by atoms with Crippen molar-refractivity contribution in [2.45, 2.75) is 19.4 Å². The fraction of sp³-hybridized carbons (Fsp3) is 0.364. The third kappa shape index (κ3) is 1.51. The molecule has 1 amide bonds. The van der Waals surface area contributed by atoms with Crippen LogP contribution < -0.4 is 10.6 Å². The van der Waals surface area contributed by atoms with E-state index in [2.05, 4.69) is 0 Å². The van der Waals surface area contributed by atoms with Gasteiger partial charge in [-0.1, -0.05) is 18.2 Å². The molecule has 1 aliphatic rings. The van der Waals surface area contributed by atoms with Crippen LogP contribution in [0.2, 0.25) is 0 Å². The molecule has 1 aromatic rings. The summed E-state index contributed by atoms with van der Waals surface area (Å²) in [7, 11) is 0. The third-order valence-electron chi connectivity index (χ3n) is 2.58. The normalized spacial score (nSPS) is 16.4. The van der Waals surface area contributed by atoms with Crippen LogP contribution in [-0.4, -0.2) is 12.5 Å². The number of nitrogens with two attached hydrogens (primary N) is 1. The van der Waals surface area contributed by atoms with Crippen LogP contribution in [0.25, 0.3) is 0 Å². The van der Waals surface area contributed by atoms with Gasteiger partial charge in [0, 0.05) is 25.2 Å². The molecule has 14 heavy (non-hydrogen) atoms. The van der Waals surface area contributed by atoms with Crippen molar-refractivity contribution in [2.24, 2.45) is 5.73 Å². The Bertz CT molecular complexity index is 349. The van der Waals surface area contributed by atoms with Gasteiger partial charge in [0.1, 0.15) is 0 Å². The van der Waals surface area contributed by atoms with Gasteiger partial charge in [0.2, 0.25) is 5.91 Å². The third-order valence-corrected chi connectivity index (χ3v) is 2.58. The van der Waals surface area contributed by atoms with Crippen molar-refractivity contribution in [2.75, 3.05) is 11.4 Å². The van der Waals surface area contributed by atoms with Gasteiger partial charge in [-0.25, -0.2) is 0 Å². The largest absolute Gasteiger partial charge is 0.326 e. The van der Waals surface area contributed by atoms with E-state index in [9.17, 15) is 4.79 Å². The summed E-state index contributed by atoms with van der Waals surface area (Å²) < 4.78 is 0. The van der Waals surface area contributed by atoms with Crippen molar-refractivity contribution in [1.29, 1.82) is 0 Å². The highest BCUT2D eigenvalue weighted by molar-refractivity contribution is 5.96. The van der Waals surface area contributed by atoms with Crippen LogP contribution >= 0.6 is 0 Å². The van der Waals surface area contributed by atoms with Gasteiger partial charge in [-0.2, -0.15) is 0 Å². The molecule has 0 atom stereocenters. The van der Waals surface area contributed by atoms with Gasteiger partial charge in [0.05, 0.1) is 0 Å². The van der Waals surface area contributed by atoms with Crippen molar-refractivity contribution in [3.8, 4) is 0 Å². The lowest BCUT2D eigenvalue weighted by Gasteiger charge is -2.18. The molecule has 3 heteroatoms. The van der Waals surface area contributed by atoms with Gasteiger partial charge < -0.3 is 10.6 Å². The summed E-state index contributed by atoms with van der Waals surface area (Å²) >= 11 is 0. The quantitative estimate of drug-likeness (QED) is 0.763. The summed E-state index contributed by atoms with van der Waals surface area (Å²) in [5.41, 5.74) is 7.65. The van der Waals surface area contributed by atoms with Crippen LogP contribution in [-0.2, 0) is 11.3 Å². The first-order valence-corrected chi connectivity index (χ1v) is 4.91. The minimum atomic E-state index is 0.214. The van der Waals surface area contributed by atoms with Crippen LogP contribution in [0.5, 0.6) is 0 Å². The maximum absolute atomic E-state index is 11.5. The lowest BCUT2D eigenvalue weighted by atomic mass is 10.1. The van der Waals surface area contributed by atoms with Gasteiger partial charge >= 0.3 is 0 Å². The molecule has 0 aromatic heterocycles. The highest BCUT2D eigenvalue weighted by Gasteiger charge is 2.22. The number of nitrogens with zero attached hydrogens (tertiary/aromatic N) is 1. The standard InChI is InChI=1S/C11H14N2O/c12-8-9-4-1-2-5-10(9)13-7-3-6-11(13)14/h1-2,4-5H,3,6-8,12H2. The summed E-state index contributed by atoms with van der Waals surface area (Å²) in [6, 6.07) is 7.83. The average molecular weight is 190 g/mol. The summed E-state index contributed by atoms with van der Waals surface area (Å²) in [5, 5.41) is 0. The van der Waals surface area contributed by atoms with Crippen molar-refractivity contribution in [1.82, 2.24) is 0 Å². The van der Waals surface area contributed by atoms with E-state index in [1.165, 1.54) is 0 Å². The number of carbonyl (C=O) groups is 1. The number of amides is 1. The number of rotatable bonds is 2. The Balaban J connectivity index is 2.35. The van der Waals surface area contributed by atoms with Crippen molar-refractivity contribution >= 4 is 11.6 Å². The molecule has 1 heterocycles. The van der Waals surface area contributed by atoms with E-state index < -0.39 is 0 Å². The second-order valence-corrected chi connectivity index (χ2v) is 3.48. The molecule has 0 radical (unpaired) electrons. The number of benzene rings is 1. The monoisotopic (exact) mass is 190 g/mol. The van der Waals surface area contributed by atoms with Gasteiger partial charge in [-0.15, -0.1) is 0 Å². The van der Waals surface area contributed by atoms with Crippen molar-refractivity contribution in [3.05, 3.63) is 29.8 Å². The van der Waals surface area contributed by atoms with Gasteiger partial charge in [0.25, 0.3) is 0 Å². The zero-order valence-corrected chi connectivity index (χ0v) is 8.07. The van der Waals surface area contributed by atoms with Crippen LogP contribution in [0, 0.1) is 0 Å². The van der Waals surface area contributed by atoms with Crippen molar-refractivity contribution < 1.29 is 4.79 Å². The smallest absolute Gasteiger partial charge is 0.227 e. The molecule has 0 spiro atoms. The number of hydrogen-bond acceptors (Lipinski definition) is 2. The minimum absolute atomic E-state index is 0.214. The zero-order chi connectivity index (χ0) is 9.97. The van der Waals surface area contributed by atoms with Crippen LogP contribution in [0.4, 0.5) is 5.69 Å². The maximum atomic E-state index is 11.5. The first kappa shape index (κ1) is 9.21. The summed E-state index contributed by atoms with van der Waals surface area (Å²) in [6.45, 7) is 1.32. The van der Waals surface area contributed by atoms with Crippen molar-refractivity contribution in [3.63, 3.8) is 0 Å².